The van der Waals surface area contributed by atoms with Gasteiger partial charge in [-0.25, -0.2) is 4.98 Å². The second-order valence-corrected chi connectivity index (χ2v) is 6.60. The molecule has 1 saturated heterocycles. The smallest absolute Gasteiger partial charge is 0.251 e. The molecule has 3 atom stereocenters. The molecule has 26 heavy (non-hydrogen) atoms. The number of aromatic nitrogens is 1. The summed E-state index contributed by atoms with van der Waals surface area (Å²) >= 11 is 0. The van der Waals surface area contributed by atoms with Crippen LogP contribution in [0.1, 0.15) is 29.6 Å². The molecule has 1 saturated carbocycles. The van der Waals surface area contributed by atoms with Crippen LogP contribution in [0.25, 0.3) is 0 Å². The van der Waals surface area contributed by atoms with Gasteiger partial charge in [-0.2, -0.15) is 0 Å². The summed E-state index contributed by atoms with van der Waals surface area (Å²) in [6.07, 6.45) is 4.53. The fourth-order valence-corrected chi connectivity index (χ4v) is 3.50. The highest BCUT2D eigenvalue weighted by Crippen LogP contribution is 2.27. The summed E-state index contributed by atoms with van der Waals surface area (Å²) in [7, 11) is 0. The van der Waals surface area contributed by atoms with Gasteiger partial charge in [-0.3, -0.25) is 4.79 Å². The van der Waals surface area contributed by atoms with Gasteiger partial charge in [-0.15, -0.1) is 0 Å². The number of pyridine rings is 1. The number of ether oxygens (including phenoxy) is 3. The summed E-state index contributed by atoms with van der Waals surface area (Å²) in [5.74, 6) is 0.985. The molecular formula is C20H22N2O4. The molecule has 0 bridgehead atoms. The van der Waals surface area contributed by atoms with Crippen LogP contribution in [0.3, 0.4) is 0 Å². The van der Waals surface area contributed by atoms with Crippen LogP contribution in [0, 0.1) is 0 Å². The molecule has 4 rings (SSSR count). The zero-order chi connectivity index (χ0) is 17.8. The topological polar surface area (TPSA) is 69.7 Å². The lowest BCUT2D eigenvalue weighted by Crippen LogP contribution is -2.49. The molecule has 0 spiro atoms. The Morgan fingerprint density at radius 3 is 2.81 bits per heavy atom. The molecule has 0 radical (unpaired) electrons. The molecule has 136 valence electrons. The van der Waals surface area contributed by atoms with E-state index in [9.17, 15) is 4.79 Å². The first-order valence-electron chi connectivity index (χ1n) is 9.01. The Bertz CT molecular complexity index is 752. The number of nitrogens with zero attached hydrogens (tertiary/aromatic N) is 1. The van der Waals surface area contributed by atoms with E-state index in [-0.39, 0.29) is 24.2 Å². The molecule has 1 amide bonds. The number of carbonyl (C=O) groups is 1. The van der Waals surface area contributed by atoms with Gasteiger partial charge in [0.2, 0.25) is 5.88 Å². The van der Waals surface area contributed by atoms with Crippen LogP contribution < -0.4 is 10.1 Å². The van der Waals surface area contributed by atoms with E-state index in [1.807, 2.05) is 24.3 Å². The Morgan fingerprint density at radius 1 is 1.08 bits per heavy atom. The molecule has 6 heteroatoms. The zero-order valence-corrected chi connectivity index (χ0v) is 14.5. The first-order chi connectivity index (χ1) is 12.8. The molecule has 0 unspecified atom stereocenters. The van der Waals surface area contributed by atoms with Gasteiger partial charge in [-0.05, 0) is 43.5 Å². The average molecular weight is 354 g/mol. The van der Waals surface area contributed by atoms with Crippen LogP contribution in [0.5, 0.6) is 11.6 Å². The monoisotopic (exact) mass is 354 g/mol. The summed E-state index contributed by atoms with van der Waals surface area (Å²) in [4.78, 5) is 16.8. The van der Waals surface area contributed by atoms with E-state index in [1.54, 1.807) is 24.4 Å². The molecule has 1 aliphatic carbocycles. The van der Waals surface area contributed by atoms with Crippen molar-refractivity contribution in [1.82, 2.24) is 10.3 Å². The molecular weight excluding hydrogens is 332 g/mol. The van der Waals surface area contributed by atoms with Crippen LogP contribution in [0.2, 0.25) is 0 Å². The number of carbonyl (C=O) groups excluding carboxylic acids is 1. The largest absolute Gasteiger partial charge is 0.439 e. The van der Waals surface area contributed by atoms with E-state index in [0.717, 1.165) is 19.3 Å². The molecule has 2 heterocycles. The van der Waals surface area contributed by atoms with Crippen LogP contribution in [0.15, 0.2) is 48.7 Å². The highest BCUT2D eigenvalue weighted by Gasteiger charge is 2.34. The Balaban J connectivity index is 1.38. The highest BCUT2D eigenvalue weighted by molar-refractivity contribution is 5.94. The van der Waals surface area contributed by atoms with Crippen molar-refractivity contribution in [3.63, 3.8) is 0 Å². The summed E-state index contributed by atoms with van der Waals surface area (Å²) in [5, 5.41) is 3.11. The van der Waals surface area contributed by atoms with E-state index in [2.05, 4.69) is 10.3 Å². The zero-order valence-electron chi connectivity index (χ0n) is 14.5. The molecule has 2 aliphatic rings. The molecule has 1 N–H and O–H groups in total. The van der Waals surface area contributed by atoms with Crippen molar-refractivity contribution in [1.29, 1.82) is 0 Å². The molecule has 2 aromatic rings. The highest BCUT2D eigenvalue weighted by atomic mass is 16.6. The number of amides is 1. The number of hydrogen-bond donors (Lipinski definition) is 1. The molecule has 1 aromatic heterocycles. The Kier molecular flexibility index (Phi) is 5.13. The second kappa shape index (κ2) is 7.85. The lowest BCUT2D eigenvalue weighted by Gasteiger charge is -2.39. The average Bonchev–Trinajstić information content (AvgIpc) is 2.69. The van der Waals surface area contributed by atoms with Gasteiger partial charge < -0.3 is 19.5 Å². The normalized spacial score (nSPS) is 25.2. The Hall–Kier alpha value is -2.44. The minimum atomic E-state index is -0.100. The number of fused-ring (bicyclic) bond motifs is 1. The van der Waals surface area contributed by atoms with Gasteiger partial charge in [0.25, 0.3) is 5.91 Å². The van der Waals surface area contributed by atoms with Crippen molar-refractivity contribution in [2.45, 2.75) is 37.5 Å². The second-order valence-electron chi connectivity index (χ2n) is 6.60. The van der Waals surface area contributed by atoms with Crippen molar-refractivity contribution in [3.8, 4) is 11.6 Å². The van der Waals surface area contributed by atoms with Gasteiger partial charge in [0.05, 0.1) is 25.4 Å². The number of benzene rings is 1. The van der Waals surface area contributed by atoms with Crippen molar-refractivity contribution >= 4 is 5.91 Å². The predicted octanol–water partition coefficient (Wildman–Crippen LogP) is 2.94. The van der Waals surface area contributed by atoms with Gasteiger partial charge in [0.1, 0.15) is 5.75 Å². The van der Waals surface area contributed by atoms with E-state index in [1.165, 1.54) is 0 Å². The molecule has 1 aromatic carbocycles. The van der Waals surface area contributed by atoms with Crippen molar-refractivity contribution in [2.24, 2.45) is 0 Å². The summed E-state index contributed by atoms with van der Waals surface area (Å²) < 4.78 is 17.2. The van der Waals surface area contributed by atoms with Gasteiger partial charge in [0, 0.05) is 23.9 Å². The fraction of sp³-hybridized carbons (Fsp3) is 0.400. The third-order valence-electron chi connectivity index (χ3n) is 4.77. The SMILES string of the molecule is O=C(N[C@@H]1CC[C@H]2OCCO[C@@H]2C1)c1cccc(Oc2ccccn2)c1. The summed E-state index contributed by atoms with van der Waals surface area (Å²) in [6, 6.07) is 12.7. The lowest BCUT2D eigenvalue weighted by atomic mass is 9.89. The summed E-state index contributed by atoms with van der Waals surface area (Å²) in [6.45, 7) is 1.30. The van der Waals surface area contributed by atoms with Crippen LogP contribution in [-0.4, -0.2) is 42.4 Å². The maximum Gasteiger partial charge on any atom is 0.251 e. The third-order valence-corrected chi connectivity index (χ3v) is 4.77. The maximum atomic E-state index is 12.6. The number of rotatable bonds is 4. The van der Waals surface area contributed by atoms with Gasteiger partial charge >= 0.3 is 0 Å². The first-order valence-corrected chi connectivity index (χ1v) is 9.01. The maximum absolute atomic E-state index is 12.6. The lowest BCUT2D eigenvalue weighted by molar-refractivity contribution is -0.157. The van der Waals surface area contributed by atoms with Crippen molar-refractivity contribution in [3.05, 3.63) is 54.2 Å². The van der Waals surface area contributed by atoms with Crippen LogP contribution >= 0.6 is 0 Å². The van der Waals surface area contributed by atoms with E-state index < -0.39 is 0 Å². The third kappa shape index (κ3) is 4.03. The first kappa shape index (κ1) is 17.0. The molecule has 2 fully saturated rings. The Labute approximate surface area is 152 Å². The molecule has 1 aliphatic heterocycles. The number of hydrogen-bond acceptors (Lipinski definition) is 5. The van der Waals surface area contributed by atoms with Gasteiger partial charge in [-0.1, -0.05) is 12.1 Å². The quantitative estimate of drug-likeness (QED) is 0.914. The molecule has 6 nitrogen and oxygen atoms in total. The fourth-order valence-electron chi connectivity index (χ4n) is 3.50. The minimum absolute atomic E-state index is 0.0848. The van der Waals surface area contributed by atoms with Crippen LogP contribution in [-0.2, 0) is 9.47 Å². The standard InChI is InChI=1S/C20H22N2O4/c23-20(22-15-7-8-17-18(13-15)25-11-10-24-17)14-4-3-5-16(12-14)26-19-6-1-2-9-21-19/h1-6,9,12,15,17-18H,7-8,10-11,13H2,(H,22,23)/t15-,17-,18-/m1/s1. The van der Waals surface area contributed by atoms with Crippen LogP contribution in [0.4, 0.5) is 0 Å². The van der Waals surface area contributed by atoms with E-state index >= 15 is 0 Å². The van der Waals surface area contributed by atoms with Gasteiger partial charge in [0.15, 0.2) is 0 Å². The van der Waals surface area contributed by atoms with Crippen molar-refractivity contribution in [2.75, 3.05) is 13.2 Å². The minimum Gasteiger partial charge on any atom is -0.439 e. The van der Waals surface area contributed by atoms with E-state index in [0.29, 0.717) is 30.4 Å². The summed E-state index contributed by atoms with van der Waals surface area (Å²) in [5.41, 5.74) is 0.571. The number of nitrogens with one attached hydrogen (secondary N) is 1. The predicted molar refractivity (Wildman–Crippen MR) is 95.3 cm³/mol. The Morgan fingerprint density at radius 2 is 1.96 bits per heavy atom. The van der Waals surface area contributed by atoms with E-state index in [4.69, 9.17) is 14.2 Å². The van der Waals surface area contributed by atoms with Crippen molar-refractivity contribution < 1.29 is 19.0 Å².